The zero-order chi connectivity index (χ0) is 15.9. The van der Waals surface area contributed by atoms with Crippen molar-refractivity contribution in [3.8, 4) is 16.9 Å². The van der Waals surface area contributed by atoms with Crippen molar-refractivity contribution in [2.24, 2.45) is 7.05 Å². The summed E-state index contributed by atoms with van der Waals surface area (Å²) >= 11 is 0. The number of nitrogens with zero attached hydrogens (tertiary/aromatic N) is 3. The van der Waals surface area contributed by atoms with Gasteiger partial charge in [0.2, 0.25) is 0 Å². The number of imidazole rings is 1. The van der Waals surface area contributed by atoms with Gasteiger partial charge in [0.15, 0.2) is 0 Å². The van der Waals surface area contributed by atoms with Gasteiger partial charge < -0.3 is 9.13 Å². The van der Waals surface area contributed by atoms with E-state index in [1.807, 2.05) is 30.5 Å². The highest BCUT2D eigenvalue weighted by molar-refractivity contribution is 5.64. The predicted molar refractivity (Wildman–Crippen MR) is 88.5 cm³/mol. The van der Waals surface area contributed by atoms with Crippen LogP contribution in [0.1, 0.15) is 17.1 Å². The Morgan fingerprint density at radius 3 is 2.50 bits per heavy atom. The molecular formula is C18H19N3O. The van der Waals surface area contributed by atoms with E-state index in [0.29, 0.717) is 0 Å². The lowest BCUT2D eigenvalue weighted by molar-refractivity contribution is 0.843. The Bertz CT molecular complexity index is 903. The molecule has 1 aromatic carbocycles. The maximum Gasteiger partial charge on any atom is 0.252 e. The molecule has 0 amide bonds. The number of rotatable bonds is 2. The van der Waals surface area contributed by atoms with Gasteiger partial charge in [0.05, 0.1) is 11.4 Å². The van der Waals surface area contributed by atoms with Crippen LogP contribution in [0.15, 0.2) is 47.4 Å². The molecule has 0 aliphatic heterocycles. The normalized spacial score (nSPS) is 10.9. The molecule has 0 fully saturated rings. The molecule has 0 aliphatic rings. The first kappa shape index (κ1) is 14.3. The minimum absolute atomic E-state index is 0.0258. The van der Waals surface area contributed by atoms with Gasteiger partial charge in [0, 0.05) is 30.6 Å². The van der Waals surface area contributed by atoms with E-state index in [4.69, 9.17) is 4.98 Å². The van der Waals surface area contributed by atoms with Crippen LogP contribution in [0.2, 0.25) is 0 Å². The number of benzene rings is 1. The second kappa shape index (κ2) is 5.30. The lowest BCUT2D eigenvalue weighted by Gasteiger charge is -2.09. The quantitative estimate of drug-likeness (QED) is 0.728. The van der Waals surface area contributed by atoms with E-state index >= 15 is 0 Å². The Morgan fingerprint density at radius 1 is 1.05 bits per heavy atom. The minimum Gasteiger partial charge on any atom is -0.318 e. The number of aryl methyl sites for hydroxylation is 3. The highest BCUT2D eigenvalue weighted by atomic mass is 16.1. The van der Waals surface area contributed by atoms with Crippen molar-refractivity contribution in [1.29, 1.82) is 0 Å². The largest absolute Gasteiger partial charge is 0.318 e. The third-order valence-corrected chi connectivity index (χ3v) is 3.91. The summed E-state index contributed by atoms with van der Waals surface area (Å²) in [4.78, 5) is 16.6. The third-order valence-electron chi connectivity index (χ3n) is 3.91. The molecule has 0 N–H and O–H groups in total. The van der Waals surface area contributed by atoms with Gasteiger partial charge in [-0.1, -0.05) is 23.8 Å². The molecule has 0 bridgehead atoms. The fourth-order valence-corrected chi connectivity index (χ4v) is 2.76. The Morgan fingerprint density at radius 2 is 1.82 bits per heavy atom. The van der Waals surface area contributed by atoms with Crippen LogP contribution in [-0.4, -0.2) is 14.1 Å². The van der Waals surface area contributed by atoms with Crippen molar-refractivity contribution in [3.63, 3.8) is 0 Å². The highest BCUT2D eigenvalue weighted by Gasteiger charge is 2.14. The molecule has 3 rings (SSSR count). The molecule has 3 aromatic rings. The molecule has 4 heteroatoms. The Labute approximate surface area is 129 Å². The molecule has 0 saturated carbocycles. The summed E-state index contributed by atoms with van der Waals surface area (Å²) in [5, 5.41) is 0. The number of hydrogen-bond donors (Lipinski definition) is 0. The number of pyridine rings is 1. The van der Waals surface area contributed by atoms with Gasteiger partial charge in [-0.05, 0) is 32.9 Å². The van der Waals surface area contributed by atoms with Crippen LogP contribution < -0.4 is 5.56 Å². The van der Waals surface area contributed by atoms with Crippen LogP contribution in [0.4, 0.5) is 0 Å². The molecule has 4 nitrogen and oxygen atoms in total. The first-order valence-electron chi connectivity index (χ1n) is 7.27. The zero-order valence-corrected chi connectivity index (χ0v) is 13.3. The van der Waals surface area contributed by atoms with E-state index in [1.54, 1.807) is 23.9 Å². The molecule has 2 heterocycles. The van der Waals surface area contributed by atoms with Gasteiger partial charge in [0.1, 0.15) is 5.82 Å². The summed E-state index contributed by atoms with van der Waals surface area (Å²) in [6.07, 6.45) is 1.78. The zero-order valence-electron chi connectivity index (χ0n) is 13.3. The van der Waals surface area contributed by atoms with Crippen LogP contribution in [0.25, 0.3) is 16.9 Å². The van der Waals surface area contributed by atoms with E-state index < -0.39 is 0 Å². The first-order valence-corrected chi connectivity index (χ1v) is 7.27. The monoisotopic (exact) mass is 293 g/mol. The summed E-state index contributed by atoms with van der Waals surface area (Å²) in [7, 11) is 1.75. The van der Waals surface area contributed by atoms with Crippen molar-refractivity contribution < 1.29 is 0 Å². The number of aromatic nitrogens is 3. The van der Waals surface area contributed by atoms with Crippen molar-refractivity contribution in [2.45, 2.75) is 20.8 Å². The van der Waals surface area contributed by atoms with Gasteiger partial charge in [-0.15, -0.1) is 0 Å². The molecule has 2 aromatic heterocycles. The molecule has 22 heavy (non-hydrogen) atoms. The highest BCUT2D eigenvalue weighted by Crippen LogP contribution is 2.26. The van der Waals surface area contributed by atoms with Crippen LogP contribution >= 0.6 is 0 Å². The second-order valence-corrected chi connectivity index (χ2v) is 5.63. The van der Waals surface area contributed by atoms with Crippen LogP contribution in [0, 0.1) is 20.8 Å². The van der Waals surface area contributed by atoms with Crippen LogP contribution in [0.3, 0.4) is 0 Å². The molecular weight excluding hydrogens is 274 g/mol. The number of hydrogen-bond acceptors (Lipinski definition) is 2. The predicted octanol–water partition coefficient (Wildman–Crippen LogP) is 3.16. The third kappa shape index (κ3) is 2.37. The maximum atomic E-state index is 11.9. The topological polar surface area (TPSA) is 39.8 Å². The second-order valence-electron chi connectivity index (χ2n) is 5.63. The van der Waals surface area contributed by atoms with Crippen molar-refractivity contribution >= 4 is 0 Å². The maximum absolute atomic E-state index is 11.9. The molecule has 112 valence electrons. The Kier molecular flexibility index (Phi) is 3.45. The summed E-state index contributed by atoms with van der Waals surface area (Å²) < 4.78 is 3.59. The van der Waals surface area contributed by atoms with Crippen molar-refractivity contribution in [2.75, 3.05) is 0 Å². The molecule has 0 atom stereocenters. The fraction of sp³-hybridized carbons (Fsp3) is 0.222. The average molecular weight is 293 g/mol. The smallest absolute Gasteiger partial charge is 0.252 e. The van der Waals surface area contributed by atoms with Gasteiger partial charge in [-0.2, -0.15) is 0 Å². The van der Waals surface area contributed by atoms with Crippen LogP contribution in [-0.2, 0) is 7.05 Å². The standard InChI is InChI=1S/C18H19N3O/c1-12-6-5-7-15(10-12)18-13(2)21(14(3)19-18)16-8-9-20(4)17(22)11-16/h5-11H,1-4H3. The first-order chi connectivity index (χ1) is 10.5. The summed E-state index contributed by atoms with van der Waals surface area (Å²) in [5.41, 5.74) is 5.13. The average Bonchev–Trinajstić information content (AvgIpc) is 2.77. The van der Waals surface area contributed by atoms with Crippen LogP contribution in [0.5, 0.6) is 0 Å². The Hall–Kier alpha value is -2.62. The summed E-state index contributed by atoms with van der Waals surface area (Å²) in [5.74, 6) is 0.877. The molecule has 0 unspecified atom stereocenters. The van der Waals surface area contributed by atoms with Gasteiger partial charge in [0.25, 0.3) is 5.56 Å². The van der Waals surface area contributed by atoms with Gasteiger partial charge in [-0.25, -0.2) is 4.98 Å². The van der Waals surface area contributed by atoms with Gasteiger partial charge in [-0.3, -0.25) is 4.79 Å². The van der Waals surface area contributed by atoms with Gasteiger partial charge >= 0.3 is 0 Å². The molecule has 0 aliphatic carbocycles. The minimum atomic E-state index is -0.0258. The lowest BCUT2D eigenvalue weighted by atomic mass is 10.1. The molecule has 0 radical (unpaired) electrons. The van der Waals surface area contributed by atoms with E-state index in [1.165, 1.54) is 5.56 Å². The molecule has 0 saturated heterocycles. The van der Waals surface area contributed by atoms with Crippen molar-refractivity contribution in [1.82, 2.24) is 14.1 Å². The Balaban J connectivity index is 2.18. The van der Waals surface area contributed by atoms with E-state index in [9.17, 15) is 4.79 Å². The summed E-state index contributed by atoms with van der Waals surface area (Å²) in [6.45, 7) is 6.07. The summed E-state index contributed by atoms with van der Waals surface area (Å²) in [6, 6.07) is 11.9. The van der Waals surface area contributed by atoms with Crippen molar-refractivity contribution in [3.05, 3.63) is 70.0 Å². The lowest BCUT2D eigenvalue weighted by Crippen LogP contribution is -2.16. The van der Waals surface area contributed by atoms with E-state index in [0.717, 1.165) is 28.5 Å². The SMILES string of the molecule is Cc1cccc(-c2nc(C)n(-c3ccn(C)c(=O)c3)c2C)c1. The van der Waals surface area contributed by atoms with E-state index in [2.05, 4.69) is 25.1 Å². The molecule has 0 spiro atoms. The van der Waals surface area contributed by atoms with E-state index in [-0.39, 0.29) is 5.56 Å². The fourth-order valence-electron chi connectivity index (χ4n) is 2.76.